The van der Waals surface area contributed by atoms with Gasteiger partial charge in [-0.1, -0.05) is 13.0 Å². The van der Waals surface area contributed by atoms with Gasteiger partial charge in [-0.2, -0.15) is 10.2 Å². The van der Waals surface area contributed by atoms with Crippen LogP contribution in [0.1, 0.15) is 25.3 Å². The van der Waals surface area contributed by atoms with Crippen LogP contribution in [-0.4, -0.2) is 59.2 Å². The molecule has 170 valence electrons. The zero-order chi connectivity index (χ0) is 22.7. The van der Waals surface area contributed by atoms with Crippen LogP contribution in [0, 0.1) is 5.92 Å². The molecule has 1 fully saturated rings. The summed E-state index contributed by atoms with van der Waals surface area (Å²) in [5, 5.41) is 16.0. The van der Waals surface area contributed by atoms with Crippen LogP contribution in [0.3, 0.4) is 0 Å². The number of nitrogens with one attached hydrogen (secondary N) is 1. The summed E-state index contributed by atoms with van der Waals surface area (Å²) in [4.78, 5) is 6.89. The lowest BCUT2D eigenvalue weighted by atomic mass is 9.94. The molecule has 2 aromatic heterocycles. The third-order valence-corrected chi connectivity index (χ3v) is 6.07. The number of aromatic nitrogens is 3. The molecule has 3 heterocycles. The minimum atomic E-state index is -2.35. The number of piperidine rings is 1. The van der Waals surface area contributed by atoms with Crippen LogP contribution in [-0.2, 0) is 6.42 Å². The van der Waals surface area contributed by atoms with Gasteiger partial charge in [0.1, 0.15) is 0 Å². The van der Waals surface area contributed by atoms with Gasteiger partial charge in [0.05, 0.1) is 17.4 Å². The second-order valence-electron chi connectivity index (χ2n) is 8.49. The molecule has 2 atom stereocenters. The van der Waals surface area contributed by atoms with Gasteiger partial charge < -0.3 is 10.2 Å². The number of aryl methyl sites for hydroxylation is 1. The number of anilines is 1. The number of rotatable bonds is 7. The summed E-state index contributed by atoms with van der Waals surface area (Å²) >= 11 is 0. The van der Waals surface area contributed by atoms with Crippen molar-refractivity contribution in [1.29, 1.82) is 0 Å². The number of alkyl halides is 2. The second kappa shape index (κ2) is 9.68. The van der Waals surface area contributed by atoms with Gasteiger partial charge in [0, 0.05) is 37.8 Å². The average Bonchev–Trinajstić information content (AvgIpc) is 3.18. The molecule has 3 aromatic rings. The van der Waals surface area contributed by atoms with E-state index in [0.29, 0.717) is 23.6 Å². The van der Waals surface area contributed by atoms with Gasteiger partial charge in [-0.05, 0) is 61.7 Å². The molecule has 0 unspecified atom stereocenters. The number of benzene rings is 1. The molecule has 1 aliphatic rings. The Hall–Kier alpha value is -2.94. The molecule has 4 rings (SSSR count). The first-order chi connectivity index (χ1) is 15.4. The molecule has 0 radical (unpaired) electrons. The van der Waals surface area contributed by atoms with Crippen molar-refractivity contribution in [2.24, 2.45) is 16.1 Å². The van der Waals surface area contributed by atoms with Crippen molar-refractivity contribution in [3.63, 3.8) is 0 Å². The summed E-state index contributed by atoms with van der Waals surface area (Å²) in [5.74, 6) is 1.12. The van der Waals surface area contributed by atoms with Crippen molar-refractivity contribution in [2.75, 3.05) is 32.5 Å². The highest BCUT2D eigenvalue weighted by atomic mass is 19.3. The lowest BCUT2D eigenvalue weighted by Crippen LogP contribution is -2.43. The van der Waals surface area contributed by atoms with Crippen molar-refractivity contribution >= 4 is 17.2 Å². The van der Waals surface area contributed by atoms with Crippen LogP contribution in [0.25, 0.3) is 16.6 Å². The molecule has 1 aliphatic heterocycles. The smallest absolute Gasteiger partial charge is 0.241 e. The van der Waals surface area contributed by atoms with E-state index in [-0.39, 0.29) is 12.8 Å². The van der Waals surface area contributed by atoms with E-state index >= 15 is 0 Å². The highest BCUT2D eigenvalue weighted by molar-refractivity contribution is 5.81. The number of likely N-dealkylation sites (tertiary alicyclic amines) is 1. The fourth-order valence-electron chi connectivity index (χ4n) is 4.37. The van der Waals surface area contributed by atoms with Crippen LogP contribution in [0.5, 0.6) is 0 Å². The summed E-state index contributed by atoms with van der Waals surface area (Å²) in [6, 6.07) is 7.98. The van der Waals surface area contributed by atoms with Crippen molar-refractivity contribution in [2.45, 2.75) is 38.7 Å². The summed E-state index contributed by atoms with van der Waals surface area (Å²) in [7, 11) is 3.72. The molecule has 0 spiro atoms. The maximum absolute atomic E-state index is 12.8. The Balaban J connectivity index is 1.59. The standard InChI is InChI=1S/C23H29F2N7/c1-15-14-31(3)10-9-19(15)28-23-27-13-21-18(8-11-32(21)30-23)16-4-6-20(29-26-2)17(12-16)5-7-22(24)25/h4,6,8,11-13,15,19,22H,5,7,9-10,14H2,1-3H3,(H,28,30)/t15-,19+/m1/s1. The maximum atomic E-state index is 12.8. The fourth-order valence-corrected chi connectivity index (χ4v) is 4.37. The Morgan fingerprint density at radius 3 is 2.88 bits per heavy atom. The quantitative estimate of drug-likeness (QED) is 0.521. The number of hydrogen-bond acceptors (Lipinski definition) is 6. The van der Waals surface area contributed by atoms with E-state index in [0.717, 1.165) is 41.7 Å². The van der Waals surface area contributed by atoms with E-state index in [2.05, 4.69) is 44.5 Å². The Morgan fingerprint density at radius 2 is 2.12 bits per heavy atom. The summed E-state index contributed by atoms with van der Waals surface area (Å²) in [6.07, 6.45) is 2.44. The third kappa shape index (κ3) is 4.93. The molecule has 0 bridgehead atoms. The van der Waals surface area contributed by atoms with Crippen LogP contribution in [0.15, 0.2) is 46.9 Å². The molecule has 1 aromatic carbocycles. The molecule has 7 nitrogen and oxygen atoms in total. The third-order valence-electron chi connectivity index (χ3n) is 6.07. The summed E-state index contributed by atoms with van der Waals surface area (Å²) in [5.41, 5.74) is 4.10. The van der Waals surface area contributed by atoms with Crippen molar-refractivity contribution in [3.05, 3.63) is 42.2 Å². The summed E-state index contributed by atoms with van der Waals surface area (Å²) in [6.45, 7) is 4.35. The molecule has 0 aliphatic carbocycles. The normalized spacial score (nSPS) is 19.9. The van der Waals surface area contributed by atoms with Crippen molar-refractivity contribution in [1.82, 2.24) is 19.5 Å². The monoisotopic (exact) mass is 441 g/mol. The lowest BCUT2D eigenvalue weighted by molar-refractivity contribution is 0.138. The van der Waals surface area contributed by atoms with E-state index < -0.39 is 6.43 Å². The Labute approximate surface area is 186 Å². The second-order valence-corrected chi connectivity index (χ2v) is 8.49. The minimum absolute atomic E-state index is 0.209. The number of azo groups is 1. The van der Waals surface area contributed by atoms with Gasteiger partial charge in [-0.25, -0.2) is 18.3 Å². The van der Waals surface area contributed by atoms with Crippen molar-refractivity contribution in [3.8, 4) is 11.1 Å². The van der Waals surface area contributed by atoms with E-state index in [4.69, 9.17) is 0 Å². The van der Waals surface area contributed by atoms with Gasteiger partial charge >= 0.3 is 0 Å². The Morgan fingerprint density at radius 1 is 1.28 bits per heavy atom. The molecule has 0 amide bonds. The van der Waals surface area contributed by atoms with Gasteiger partial charge in [-0.3, -0.25) is 0 Å². The van der Waals surface area contributed by atoms with E-state index in [9.17, 15) is 8.78 Å². The number of fused-ring (bicyclic) bond motifs is 1. The Kier molecular flexibility index (Phi) is 6.74. The maximum Gasteiger partial charge on any atom is 0.241 e. The van der Waals surface area contributed by atoms with E-state index in [1.54, 1.807) is 7.05 Å². The van der Waals surface area contributed by atoms with E-state index in [1.807, 2.05) is 41.2 Å². The molecular weight excluding hydrogens is 412 g/mol. The first kappa shape index (κ1) is 22.3. The highest BCUT2D eigenvalue weighted by Gasteiger charge is 2.24. The van der Waals surface area contributed by atoms with Crippen LogP contribution >= 0.6 is 0 Å². The number of nitrogens with zero attached hydrogens (tertiary/aromatic N) is 6. The molecule has 9 heteroatoms. The molecule has 1 N–H and O–H groups in total. The van der Waals surface area contributed by atoms with E-state index in [1.165, 1.54) is 0 Å². The van der Waals surface area contributed by atoms with Crippen LogP contribution < -0.4 is 5.32 Å². The number of hydrogen-bond donors (Lipinski definition) is 1. The van der Waals surface area contributed by atoms with Crippen LogP contribution in [0.4, 0.5) is 20.4 Å². The molecule has 0 saturated carbocycles. The molecule has 32 heavy (non-hydrogen) atoms. The zero-order valence-electron chi connectivity index (χ0n) is 18.7. The first-order valence-electron chi connectivity index (χ1n) is 11.0. The SMILES string of the molecule is CN=Nc1ccc(-c2ccn3nc(N[C@H]4CCN(C)C[C@H]4C)ncc23)cc1CCC(F)F. The summed E-state index contributed by atoms with van der Waals surface area (Å²) < 4.78 is 27.4. The van der Waals surface area contributed by atoms with Crippen LogP contribution in [0.2, 0.25) is 0 Å². The largest absolute Gasteiger partial charge is 0.350 e. The fraction of sp³-hybridized carbons (Fsp3) is 0.478. The predicted molar refractivity (Wildman–Crippen MR) is 122 cm³/mol. The van der Waals surface area contributed by atoms with Gasteiger partial charge in [0.25, 0.3) is 0 Å². The average molecular weight is 442 g/mol. The first-order valence-corrected chi connectivity index (χ1v) is 11.0. The van der Waals surface area contributed by atoms with Gasteiger partial charge in [0.2, 0.25) is 12.4 Å². The molecular formula is C23H29F2N7. The van der Waals surface area contributed by atoms with Gasteiger partial charge in [-0.15, -0.1) is 5.10 Å². The van der Waals surface area contributed by atoms with Gasteiger partial charge in [0.15, 0.2) is 0 Å². The Bertz CT molecular complexity index is 1100. The lowest BCUT2D eigenvalue weighted by Gasteiger charge is -2.35. The number of halogens is 2. The highest BCUT2D eigenvalue weighted by Crippen LogP contribution is 2.31. The molecule has 1 saturated heterocycles. The predicted octanol–water partition coefficient (Wildman–Crippen LogP) is 5.06. The van der Waals surface area contributed by atoms with Crippen molar-refractivity contribution < 1.29 is 8.78 Å². The topological polar surface area (TPSA) is 70.2 Å². The minimum Gasteiger partial charge on any atom is -0.350 e. The zero-order valence-corrected chi connectivity index (χ0v) is 18.7.